The number of hydrogen-bond donors (Lipinski definition) is 2. The maximum atomic E-state index is 9.38. The van der Waals surface area contributed by atoms with Crippen LogP contribution >= 0.6 is 0 Å². The monoisotopic (exact) mass is 192 g/mol. The zero-order valence-corrected chi connectivity index (χ0v) is 7.67. The molecular weight excluding hydrogens is 180 g/mol. The lowest BCUT2D eigenvalue weighted by molar-refractivity contribution is 0.180. The summed E-state index contributed by atoms with van der Waals surface area (Å²) in [5.41, 5.74) is 6.11. The summed E-state index contributed by atoms with van der Waals surface area (Å²) in [7, 11) is 0. The minimum Gasteiger partial charge on any atom is -0.391 e. The third-order valence-corrected chi connectivity index (χ3v) is 2.07. The van der Waals surface area contributed by atoms with Crippen LogP contribution in [0.3, 0.4) is 0 Å². The minimum atomic E-state index is -0.553. The van der Waals surface area contributed by atoms with Gasteiger partial charge in [0.15, 0.2) is 5.65 Å². The highest BCUT2D eigenvalue weighted by atomic mass is 16.3. The lowest BCUT2D eigenvalue weighted by Gasteiger charge is -2.04. The Morgan fingerprint density at radius 2 is 2.29 bits per heavy atom. The van der Waals surface area contributed by atoms with Gasteiger partial charge in [-0.2, -0.15) is 0 Å². The van der Waals surface area contributed by atoms with Crippen LogP contribution in [0.25, 0.3) is 5.65 Å². The van der Waals surface area contributed by atoms with E-state index in [1.54, 1.807) is 0 Å². The lowest BCUT2D eigenvalue weighted by Crippen LogP contribution is -2.23. The fourth-order valence-corrected chi connectivity index (χ4v) is 1.32. The fourth-order valence-electron chi connectivity index (χ4n) is 1.32. The number of aliphatic hydroxyl groups excluding tert-OH is 1. The van der Waals surface area contributed by atoms with E-state index in [0.29, 0.717) is 6.42 Å². The van der Waals surface area contributed by atoms with E-state index >= 15 is 0 Å². The van der Waals surface area contributed by atoms with Gasteiger partial charge in [-0.25, -0.2) is 0 Å². The molecule has 0 radical (unpaired) electrons. The van der Waals surface area contributed by atoms with Crippen LogP contribution < -0.4 is 5.73 Å². The number of fused-ring (bicyclic) bond motifs is 1. The molecule has 0 saturated carbocycles. The highest BCUT2D eigenvalue weighted by Gasteiger charge is 2.09. The normalized spacial score (nSPS) is 13.3. The van der Waals surface area contributed by atoms with Gasteiger partial charge in [-0.15, -0.1) is 10.2 Å². The van der Waals surface area contributed by atoms with Crippen LogP contribution in [0.5, 0.6) is 0 Å². The maximum absolute atomic E-state index is 9.38. The molecule has 0 amide bonds. The second-order valence-corrected chi connectivity index (χ2v) is 3.14. The molecule has 0 saturated heterocycles. The Morgan fingerprint density at radius 1 is 1.43 bits per heavy atom. The van der Waals surface area contributed by atoms with E-state index in [1.165, 1.54) is 0 Å². The van der Waals surface area contributed by atoms with Gasteiger partial charge in [0.2, 0.25) is 0 Å². The fraction of sp³-hybridized carbons (Fsp3) is 0.333. The van der Waals surface area contributed by atoms with Gasteiger partial charge >= 0.3 is 0 Å². The zero-order chi connectivity index (χ0) is 9.97. The minimum absolute atomic E-state index is 0.238. The maximum Gasteiger partial charge on any atom is 0.160 e. The SMILES string of the molecule is NCC(O)Cc1nnc2ccccn12. The molecule has 2 aromatic heterocycles. The Bertz CT molecular complexity index is 425. The van der Waals surface area contributed by atoms with Crippen LogP contribution in [0.1, 0.15) is 5.82 Å². The van der Waals surface area contributed by atoms with E-state index in [2.05, 4.69) is 10.2 Å². The predicted molar refractivity (Wildman–Crippen MR) is 51.8 cm³/mol. The van der Waals surface area contributed by atoms with E-state index in [1.807, 2.05) is 28.8 Å². The third-order valence-electron chi connectivity index (χ3n) is 2.07. The Labute approximate surface area is 81.2 Å². The average Bonchev–Trinajstić information content (AvgIpc) is 2.62. The van der Waals surface area contributed by atoms with Crippen LogP contribution in [0, 0.1) is 0 Å². The number of pyridine rings is 1. The second-order valence-electron chi connectivity index (χ2n) is 3.14. The first-order valence-corrected chi connectivity index (χ1v) is 4.48. The van der Waals surface area contributed by atoms with Crippen molar-refractivity contribution < 1.29 is 5.11 Å². The van der Waals surface area contributed by atoms with Crippen molar-refractivity contribution in [3.8, 4) is 0 Å². The summed E-state index contributed by atoms with van der Waals surface area (Å²) >= 11 is 0. The summed E-state index contributed by atoms with van der Waals surface area (Å²) in [5, 5.41) is 17.3. The number of aliphatic hydroxyl groups is 1. The molecule has 2 aromatic rings. The molecule has 14 heavy (non-hydrogen) atoms. The average molecular weight is 192 g/mol. The molecule has 5 nitrogen and oxygen atoms in total. The third kappa shape index (κ3) is 1.59. The van der Waals surface area contributed by atoms with Crippen LogP contribution in [-0.2, 0) is 6.42 Å². The van der Waals surface area contributed by atoms with Crippen molar-refractivity contribution in [3.63, 3.8) is 0 Å². The summed E-state index contributed by atoms with van der Waals surface area (Å²) in [6.45, 7) is 0.238. The number of nitrogens with two attached hydrogens (primary N) is 1. The first-order chi connectivity index (χ1) is 6.81. The summed E-state index contributed by atoms with van der Waals surface area (Å²) < 4.78 is 1.85. The smallest absolute Gasteiger partial charge is 0.160 e. The second kappa shape index (κ2) is 3.73. The first-order valence-electron chi connectivity index (χ1n) is 4.48. The molecule has 0 spiro atoms. The Hall–Kier alpha value is -1.46. The van der Waals surface area contributed by atoms with Gasteiger partial charge in [0.25, 0.3) is 0 Å². The molecule has 2 rings (SSSR count). The quantitative estimate of drug-likeness (QED) is 0.693. The van der Waals surface area contributed by atoms with Gasteiger partial charge in [0.05, 0.1) is 6.10 Å². The molecule has 3 N–H and O–H groups in total. The van der Waals surface area contributed by atoms with E-state index in [-0.39, 0.29) is 6.54 Å². The standard InChI is InChI=1S/C9H12N4O/c10-6-7(14)5-9-12-11-8-3-1-2-4-13(8)9/h1-4,7,14H,5-6,10H2. The Balaban J connectivity index is 2.33. The topological polar surface area (TPSA) is 76.4 Å². The lowest BCUT2D eigenvalue weighted by atomic mass is 10.2. The van der Waals surface area contributed by atoms with E-state index in [9.17, 15) is 5.11 Å². The van der Waals surface area contributed by atoms with Gasteiger partial charge in [-0.1, -0.05) is 6.07 Å². The molecule has 2 heterocycles. The van der Waals surface area contributed by atoms with Crippen molar-refractivity contribution in [1.82, 2.24) is 14.6 Å². The molecule has 0 bridgehead atoms. The molecule has 0 aliphatic carbocycles. The molecule has 1 unspecified atom stereocenters. The Kier molecular flexibility index (Phi) is 2.43. The molecule has 0 fully saturated rings. The van der Waals surface area contributed by atoms with Crippen LogP contribution in [0.4, 0.5) is 0 Å². The molecule has 0 aliphatic rings. The summed E-state index contributed by atoms with van der Waals surface area (Å²) in [6.07, 6.45) is 1.75. The summed E-state index contributed by atoms with van der Waals surface area (Å²) in [4.78, 5) is 0. The van der Waals surface area contributed by atoms with Gasteiger partial charge in [0.1, 0.15) is 5.82 Å². The van der Waals surface area contributed by atoms with Crippen LogP contribution in [0.15, 0.2) is 24.4 Å². The van der Waals surface area contributed by atoms with Gasteiger partial charge in [0, 0.05) is 19.2 Å². The molecule has 0 aromatic carbocycles. The van der Waals surface area contributed by atoms with Crippen LogP contribution in [-0.4, -0.2) is 32.4 Å². The highest BCUT2D eigenvalue weighted by Crippen LogP contribution is 2.04. The molecular formula is C9H12N4O. The summed E-state index contributed by atoms with van der Waals surface area (Å²) in [5.74, 6) is 0.735. The van der Waals surface area contributed by atoms with Gasteiger partial charge in [-0.3, -0.25) is 4.40 Å². The number of hydrogen-bond acceptors (Lipinski definition) is 4. The van der Waals surface area contributed by atoms with Crippen molar-refractivity contribution in [1.29, 1.82) is 0 Å². The Morgan fingerprint density at radius 3 is 3.07 bits per heavy atom. The highest BCUT2D eigenvalue weighted by molar-refractivity contribution is 5.37. The molecule has 1 atom stereocenters. The largest absolute Gasteiger partial charge is 0.391 e. The van der Waals surface area contributed by atoms with Crippen molar-refractivity contribution >= 4 is 5.65 Å². The van der Waals surface area contributed by atoms with Crippen LogP contribution in [0.2, 0.25) is 0 Å². The molecule has 5 heteroatoms. The van der Waals surface area contributed by atoms with E-state index in [0.717, 1.165) is 11.5 Å². The molecule has 0 aliphatic heterocycles. The number of aromatic nitrogens is 3. The number of rotatable bonds is 3. The van der Waals surface area contributed by atoms with E-state index < -0.39 is 6.10 Å². The summed E-state index contributed by atoms with van der Waals surface area (Å²) in [6, 6.07) is 5.66. The van der Waals surface area contributed by atoms with Crippen molar-refractivity contribution in [2.24, 2.45) is 5.73 Å². The number of nitrogens with zero attached hydrogens (tertiary/aromatic N) is 3. The zero-order valence-electron chi connectivity index (χ0n) is 7.67. The van der Waals surface area contributed by atoms with Gasteiger partial charge < -0.3 is 10.8 Å². The first kappa shape index (κ1) is 9.11. The van der Waals surface area contributed by atoms with Crippen molar-refractivity contribution in [2.75, 3.05) is 6.54 Å². The van der Waals surface area contributed by atoms with Crippen molar-refractivity contribution in [3.05, 3.63) is 30.2 Å². The molecule has 74 valence electrons. The van der Waals surface area contributed by atoms with Crippen molar-refractivity contribution in [2.45, 2.75) is 12.5 Å². The van der Waals surface area contributed by atoms with E-state index in [4.69, 9.17) is 5.73 Å². The van der Waals surface area contributed by atoms with Gasteiger partial charge in [-0.05, 0) is 12.1 Å². The predicted octanol–water partition coefficient (Wildman–Crippen LogP) is -0.409.